The van der Waals surface area contributed by atoms with Gasteiger partial charge in [0.15, 0.2) is 0 Å². The average molecular weight is 220 g/mol. The van der Waals surface area contributed by atoms with Gasteiger partial charge in [-0.15, -0.1) is 0 Å². The second-order valence-corrected chi connectivity index (χ2v) is 3.40. The van der Waals surface area contributed by atoms with Crippen LogP contribution in [-0.4, -0.2) is 36.6 Å². The Morgan fingerprint density at radius 2 is 2.06 bits per heavy atom. The van der Waals surface area contributed by atoms with Gasteiger partial charge in [-0.25, -0.2) is 5.01 Å². The van der Waals surface area contributed by atoms with Crippen LogP contribution >= 0.6 is 0 Å². The standard InChI is InChI=1S/C11H12N2O3/c14-10-8-16-7-6-13(10)12-11(15)9-4-2-1-3-5-9/h1-5H,6-8H2,(H,12,15). The first-order valence-electron chi connectivity index (χ1n) is 5.01. The third kappa shape index (κ3) is 2.38. The van der Waals surface area contributed by atoms with E-state index in [0.29, 0.717) is 18.7 Å². The van der Waals surface area contributed by atoms with E-state index in [-0.39, 0.29) is 18.4 Å². The molecule has 84 valence electrons. The molecule has 5 heteroatoms. The molecular formula is C11H12N2O3. The minimum absolute atomic E-state index is 0.0229. The lowest BCUT2D eigenvalue weighted by atomic mass is 10.2. The molecule has 0 aromatic heterocycles. The molecule has 0 atom stereocenters. The SMILES string of the molecule is O=C(NN1CCOCC1=O)c1ccccc1. The zero-order chi connectivity index (χ0) is 11.4. The number of ether oxygens (including phenoxy) is 1. The van der Waals surface area contributed by atoms with Crippen molar-refractivity contribution >= 4 is 11.8 Å². The van der Waals surface area contributed by atoms with Gasteiger partial charge >= 0.3 is 0 Å². The number of nitrogens with one attached hydrogen (secondary N) is 1. The van der Waals surface area contributed by atoms with Crippen LogP contribution in [0, 0.1) is 0 Å². The number of amides is 2. The normalized spacial score (nSPS) is 16.0. The summed E-state index contributed by atoms with van der Waals surface area (Å²) in [5.41, 5.74) is 3.08. The monoisotopic (exact) mass is 220 g/mol. The Labute approximate surface area is 93.0 Å². The van der Waals surface area contributed by atoms with Crippen LogP contribution in [-0.2, 0) is 9.53 Å². The molecule has 1 N–H and O–H groups in total. The van der Waals surface area contributed by atoms with Gasteiger partial charge in [0.2, 0.25) is 0 Å². The summed E-state index contributed by atoms with van der Waals surface area (Å²) in [5.74, 6) is -0.508. The number of hydrazine groups is 1. The van der Waals surface area contributed by atoms with Crippen LogP contribution in [0.3, 0.4) is 0 Å². The fourth-order valence-corrected chi connectivity index (χ4v) is 1.41. The van der Waals surface area contributed by atoms with Crippen molar-refractivity contribution in [1.82, 2.24) is 10.4 Å². The lowest BCUT2D eigenvalue weighted by Gasteiger charge is -2.26. The third-order valence-electron chi connectivity index (χ3n) is 2.26. The van der Waals surface area contributed by atoms with E-state index in [9.17, 15) is 9.59 Å². The summed E-state index contributed by atoms with van der Waals surface area (Å²) >= 11 is 0. The molecule has 1 aliphatic heterocycles. The van der Waals surface area contributed by atoms with Gasteiger partial charge < -0.3 is 4.74 Å². The number of hydrogen-bond acceptors (Lipinski definition) is 3. The molecule has 1 aliphatic rings. The second kappa shape index (κ2) is 4.76. The van der Waals surface area contributed by atoms with Crippen molar-refractivity contribution in [3.8, 4) is 0 Å². The predicted octanol–water partition coefficient (Wildman–Crippen LogP) is 0.190. The number of nitrogens with zero attached hydrogens (tertiary/aromatic N) is 1. The summed E-state index contributed by atoms with van der Waals surface area (Å²) in [6, 6.07) is 8.77. The summed E-state index contributed by atoms with van der Waals surface area (Å²) < 4.78 is 4.96. The third-order valence-corrected chi connectivity index (χ3v) is 2.26. The van der Waals surface area contributed by atoms with Gasteiger partial charge in [0.25, 0.3) is 11.8 Å². The van der Waals surface area contributed by atoms with Gasteiger partial charge in [0.1, 0.15) is 6.61 Å². The highest BCUT2D eigenvalue weighted by Crippen LogP contribution is 2.00. The lowest BCUT2D eigenvalue weighted by molar-refractivity contribution is -0.145. The Kier molecular flexibility index (Phi) is 3.16. The van der Waals surface area contributed by atoms with Gasteiger partial charge in [-0.05, 0) is 12.1 Å². The fourth-order valence-electron chi connectivity index (χ4n) is 1.41. The largest absolute Gasteiger partial charge is 0.370 e. The summed E-state index contributed by atoms with van der Waals surface area (Å²) in [6.07, 6.45) is 0. The minimum Gasteiger partial charge on any atom is -0.370 e. The first-order valence-corrected chi connectivity index (χ1v) is 5.01. The van der Waals surface area contributed by atoms with Crippen molar-refractivity contribution in [3.05, 3.63) is 35.9 Å². The second-order valence-electron chi connectivity index (χ2n) is 3.40. The maximum Gasteiger partial charge on any atom is 0.269 e. The van der Waals surface area contributed by atoms with E-state index >= 15 is 0 Å². The number of carbonyl (C=O) groups is 2. The van der Waals surface area contributed by atoms with Gasteiger partial charge in [-0.2, -0.15) is 0 Å². The topological polar surface area (TPSA) is 58.6 Å². The molecule has 1 fully saturated rings. The van der Waals surface area contributed by atoms with Gasteiger partial charge in [0, 0.05) is 5.56 Å². The molecule has 1 aromatic carbocycles. The molecule has 0 bridgehead atoms. The van der Waals surface area contributed by atoms with E-state index in [4.69, 9.17) is 4.74 Å². The molecule has 0 aliphatic carbocycles. The van der Waals surface area contributed by atoms with Crippen LogP contribution in [0.1, 0.15) is 10.4 Å². The Balaban J connectivity index is 1.99. The molecule has 5 nitrogen and oxygen atoms in total. The van der Waals surface area contributed by atoms with Crippen LogP contribution < -0.4 is 5.43 Å². The van der Waals surface area contributed by atoms with Crippen molar-refractivity contribution in [2.45, 2.75) is 0 Å². The van der Waals surface area contributed by atoms with Crippen LogP contribution in [0.4, 0.5) is 0 Å². The smallest absolute Gasteiger partial charge is 0.269 e. The minimum atomic E-state index is -0.282. The first kappa shape index (κ1) is 10.6. The van der Waals surface area contributed by atoms with E-state index in [1.165, 1.54) is 5.01 Å². The summed E-state index contributed by atoms with van der Waals surface area (Å²) in [5, 5.41) is 1.29. The van der Waals surface area contributed by atoms with Crippen LogP contribution in [0.25, 0.3) is 0 Å². The Hall–Kier alpha value is -1.88. The fraction of sp³-hybridized carbons (Fsp3) is 0.273. The zero-order valence-electron chi connectivity index (χ0n) is 8.68. The molecule has 0 unspecified atom stereocenters. The van der Waals surface area contributed by atoms with E-state index in [2.05, 4.69) is 5.43 Å². The Morgan fingerprint density at radius 1 is 1.31 bits per heavy atom. The van der Waals surface area contributed by atoms with Gasteiger partial charge in [-0.1, -0.05) is 18.2 Å². The predicted molar refractivity (Wildman–Crippen MR) is 56.4 cm³/mol. The molecule has 0 radical (unpaired) electrons. The number of benzene rings is 1. The number of hydrogen-bond donors (Lipinski definition) is 1. The molecule has 16 heavy (non-hydrogen) atoms. The van der Waals surface area contributed by atoms with Crippen molar-refractivity contribution in [2.24, 2.45) is 0 Å². The van der Waals surface area contributed by atoms with Crippen molar-refractivity contribution < 1.29 is 14.3 Å². The van der Waals surface area contributed by atoms with Crippen molar-refractivity contribution in [1.29, 1.82) is 0 Å². The van der Waals surface area contributed by atoms with Gasteiger partial charge in [-0.3, -0.25) is 15.0 Å². The molecule has 0 spiro atoms. The van der Waals surface area contributed by atoms with Crippen LogP contribution in [0.15, 0.2) is 30.3 Å². The highest BCUT2D eigenvalue weighted by molar-refractivity contribution is 5.95. The molecular weight excluding hydrogens is 208 g/mol. The van der Waals surface area contributed by atoms with E-state index in [0.717, 1.165) is 0 Å². The highest BCUT2D eigenvalue weighted by atomic mass is 16.5. The molecule has 1 aromatic rings. The maximum absolute atomic E-state index is 11.7. The first-order chi connectivity index (χ1) is 7.77. The van der Waals surface area contributed by atoms with Crippen LogP contribution in [0.5, 0.6) is 0 Å². The Morgan fingerprint density at radius 3 is 2.75 bits per heavy atom. The van der Waals surface area contributed by atoms with Crippen molar-refractivity contribution in [2.75, 3.05) is 19.8 Å². The summed E-state index contributed by atoms with van der Waals surface area (Å²) in [7, 11) is 0. The van der Waals surface area contributed by atoms with E-state index in [1.54, 1.807) is 24.3 Å². The molecule has 1 heterocycles. The molecule has 0 saturated carbocycles. The highest BCUT2D eigenvalue weighted by Gasteiger charge is 2.20. The summed E-state index contributed by atoms with van der Waals surface area (Å²) in [4.78, 5) is 23.1. The number of morpholine rings is 1. The number of rotatable bonds is 2. The lowest BCUT2D eigenvalue weighted by Crippen LogP contribution is -2.52. The maximum atomic E-state index is 11.7. The molecule has 1 saturated heterocycles. The summed E-state index contributed by atoms with van der Waals surface area (Å²) in [6.45, 7) is 0.854. The van der Waals surface area contributed by atoms with Gasteiger partial charge in [0.05, 0.1) is 13.2 Å². The molecule has 2 rings (SSSR count). The van der Waals surface area contributed by atoms with Crippen LogP contribution in [0.2, 0.25) is 0 Å². The molecule has 2 amide bonds. The zero-order valence-corrected chi connectivity index (χ0v) is 8.68. The van der Waals surface area contributed by atoms with Crippen molar-refractivity contribution in [3.63, 3.8) is 0 Å². The van der Waals surface area contributed by atoms with E-state index in [1.807, 2.05) is 6.07 Å². The Bertz CT molecular complexity index is 391. The number of carbonyl (C=O) groups excluding carboxylic acids is 2. The average Bonchev–Trinajstić information content (AvgIpc) is 2.33. The van der Waals surface area contributed by atoms with E-state index < -0.39 is 0 Å². The quantitative estimate of drug-likeness (QED) is 0.774.